The van der Waals surface area contributed by atoms with Crippen molar-refractivity contribution in [2.75, 3.05) is 5.32 Å². The third-order valence-corrected chi connectivity index (χ3v) is 2.80. The molecule has 0 unspecified atom stereocenters. The van der Waals surface area contributed by atoms with Gasteiger partial charge in [-0.25, -0.2) is 0 Å². The van der Waals surface area contributed by atoms with E-state index >= 15 is 0 Å². The lowest BCUT2D eigenvalue weighted by atomic mass is 10.2. The Morgan fingerprint density at radius 2 is 2.05 bits per heavy atom. The summed E-state index contributed by atoms with van der Waals surface area (Å²) >= 11 is 3.03. The summed E-state index contributed by atoms with van der Waals surface area (Å²) in [6, 6.07) is 6.40. The first-order valence-corrected chi connectivity index (χ1v) is 6.04. The van der Waals surface area contributed by atoms with Crippen molar-refractivity contribution in [1.29, 1.82) is 0 Å². The van der Waals surface area contributed by atoms with Gasteiger partial charge < -0.3 is 14.5 Å². The maximum absolute atomic E-state index is 12.1. The number of carbonyl (C=O) groups excluding carboxylic acids is 1. The van der Waals surface area contributed by atoms with Gasteiger partial charge >= 0.3 is 6.36 Å². The van der Waals surface area contributed by atoms with E-state index in [1.54, 1.807) is 0 Å². The average molecular weight is 350 g/mol. The minimum absolute atomic E-state index is 0.171. The Morgan fingerprint density at radius 1 is 1.30 bits per heavy atom. The number of anilines is 1. The first-order chi connectivity index (χ1) is 9.35. The van der Waals surface area contributed by atoms with E-state index < -0.39 is 18.0 Å². The zero-order chi connectivity index (χ0) is 14.8. The molecule has 0 bridgehead atoms. The fourth-order valence-corrected chi connectivity index (χ4v) is 1.85. The molecule has 0 radical (unpaired) electrons. The van der Waals surface area contributed by atoms with Crippen molar-refractivity contribution in [1.82, 2.24) is 0 Å². The lowest BCUT2D eigenvalue weighted by Crippen LogP contribution is -2.17. The van der Waals surface area contributed by atoms with Crippen molar-refractivity contribution in [2.45, 2.75) is 6.36 Å². The van der Waals surface area contributed by atoms with Crippen LogP contribution in [0.15, 0.2) is 45.7 Å². The van der Waals surface area contributed by atoms with Crippen LogP contribution in [0.1, 0.15) is 10.4 Å². The first-order valence-electron chi connectivity index (χ1n) is 5.25. The Hall–Kier alpha value is -1.96. The second-order valence-electron chi connectivity index (χ2n) is 3.64. The third-order valence-electron chi connectivity index (χ3n) is 2.19. The fourth-order valence-electron chi connectivity index (χ4n) is 1.43. The van der Waals surface area contributed by atoms with Crippen molar-refractivity contribution in [3.05, 3.63) is 46.8 Å². The number of rotatable bonds is 3. The van der Waals surface area contributed by atoms with Crippen LogP contribution < -0.4 is 10.1 Å². The van der Waals surface area contributed by atoms with Gasteiger partial charge in [0.05, 0.1) is 11.8 Å². The summed E-state index contributed by atoms with van der Waals surface area (Å²) in [4.78, 5) is 11.8. The molecule has 1 heterocycles. The standard InChI is InChI=1S/C12H7BrF3NO3/c13-10-9(4-5-19-10)11(18)17-7-2-1-3-8(6-7)20-12(14,15)16/h1-6H,(H,17,18). The minimum Gasteiger partial charge on any atom is -0.457 e. The Balaban J connectivity index is 2.12. The smallest absolute Gasteiger partial charge is 0.457 e. The predicted octanol–water partition coefficient (Wildman–Crippen LogP) is 4.19. The van der Waals surface area contributed by atoms with Gasteiger partial charge in [0.2, 0.25) is 0 Å². The van der Waals surface area contributed by atoms with Gasteiger partial charge in [-0.2, -0.15) is 0 Å². The van der Waals surface area contributed by atoms with Crippen LogP contribution in [0.5, 0.6) is 5.75 Å². The zero-order valence-electron chi connectivity index (χ0n) is 9.70. The number of furan rings is 1. The van der Waals surface area contributed by atoms with Gasteiger partial charge in [0.25, 0.3) is 5.91 Å². The van der Waals surface area contributed by atoms with Gasteiger partial charge in [0.15, 0.2) is 4.67 Å². The Kier molecular flexibility index (Phi) is 4.03. The summed E-state index contributed by atoms with van der Waals surface area (Å²) < 4.78 is 45.1. The van der Waals surface area contributed by atoms with Crippen LogP contribution in [-0.4, -0.2) is 12.3 Å². The molecule has 0 aliphatic rings. The summed E-state index contributed by atoms with van der Waals surface area (Å²) in [7, 11) is 0. The van der Waals surface area contributed by atoms with E-state index in [0.717, 1.165) is 12.1 Å². The highest BCUT2D eigenvalue weighted by Gasteiger charge is 2.31. The number of hydrogen-bond acceptors (Lipinski definition) is 3. The molecule has 2 rings (SSSR count). The van der Waals surface area contributed by atoms with Crippen molar-refractivity contribution in [2.24, 2.45) is 0 Å². The van der Waals surface area contributed by atoms with Crippen molar-refractivity contribution >= 4 is 27.5 Å². The lowest BCUT2D eigenvalue weighted by Gasteiger charge is -2.10. The molecular weight excluding hydrogens is 343 g/mol. The average Bonchev–Trinajstić information content (AvgIpc) is 2.73. The molecule has 0 saturated carbocycles. The molecule has 0 aliphatic heterocycles. The number of nitrogens with one attached hydrogen (secondary N) is 1. The number of halogens is 4. The molecule has 1 aromatic carbocycles. The van der Waals surface area contributed by atoms with Crippen LogP contribution in [0.2, 0.25) is 0 Å². The number of benzene rings is 1. The van der Waals surface area contributed by atoms with E-state index in [2.05, 4.69) is 26.0 Å². The van der Waals surface area contributed by atoms with Gasteiger partial charge in [0.1, 0.15) is 5.75 Å². The van der Waals surface area contributed by atoms with E-state index in [1.807, 2.05) is 0 Å². The van der Waals surface area contributed by atoms with Crippen molar-refractivity contribution in [3.8, 4) is 5.75 Å². The van der Waals surface area contributed by atoms with Crippen LogP contribution in [-0.2, 0) is 0 Å². The van der Waals surface area contributed by atoms with Gasteiger partial charge in [-0.1, -0.05) is 6.07 Å². The molecule has 0 spiro atoms. The van der Waals surface area contributed by atoms with Crippen molar-refractivity contribution in [3.63, 3.8) is 0 Å². The third kappa shape index (κ3) is 3.77. The normalized spacial score (nSPS) is 11.2. The highest BCUT2D eigenvalue weighted by Crippen LogP contribution is 2.26. The number of alkyl halides is 3. The molecule has 106 valence electrons. The monoisotopic (exact) mass is 349 g/mol. The van der Waals surface area contributed by atoms with Crippen LogP contribution in [0.25, 0.3) is 0 Å². The number of carbonyl (C=O) groups is 1. The minimum atomic E-state index is -4.78. The molecule has 0 aliphatic carbocycles. The predicted molar refractivity (Wildman–Crippen MR) is 67.5 cm³/mol. The lowest BCUT2D eigenvalue weighted by molar-refractivity contribution is -0.274. The Bertz CT molecular complexity index is 624. The maximum Gasteiger partial charge on any atom is 0.573 e. The highest BCUT2D eigenvalue weighted by molar-refractivity contribution is 9.10. The molecule has 8 heteroatoms. The zero-order valence-corrected chi connectivity index (χ0v) is 11.3. The fraction of sp³-hybridized carbons (Fsp3) is 0.0833. The second kappa shape index (κ2) is 5.58. The van der Waals surface area contributed by atoms with E-state index in [4.69, 9.17) is 4.42 Å². The van der Waals surface area contributed by atoms with E-state index in [1.165, 1.54) is 24.5 Å². The Morgan fingerprint density at radius 3 is 2.65 bits per heavy atom. The quantitative estimate of drug-likeness (QED) is 0.903. The molecule has 4 nitrogen and oxygen atoms in total. The van der Waals surface area contributed by atoms with Gasteiger partial charge in [0, 0.05) is 11.8 Å². The van der Waals surface area contributed by atoms with E-state index in [-0.39, 0.29) is 15.9 Å². The molecule has 1 amide bonds. The SMILES string of the molecule is O=C(Nc1cccc(OC(F)(F)F)c1)c1ccoc1Br. The topological polar surface area (TPSA) is 51.5 Å². The Labute approximate surface area is 119 Å². The van der Waals surface area contributed by atoms with Gasteiger partial charge in [-0.05, 0) is 34.1 Å². The molecule has 20 heavy (non-hydrogen) atoms. The molecule has 1 N–H and O–H groups in total. The van der Waals surface area contributed by atoms with E-state index in [0.29, 0.717) is 0 Å². The maximum atomic E-state index is 12.1. The number of hydrogen-bond donors (Lipinski definition) is 1. The molecule has 0 fully saturated rings. The summed E-state index contributed by atoms with van der Waals surface area (Å²) in [6.07, 6.45) is -3.47. The summed E-state index contributed by atoms with van der Waals surface area (Å²) in [6.45, 7) is 0. The van der Waals surface area contributed by atoms with Crippen LogP contribution in [0.4, 0.5) is 18.9 Å². The van der Waals surface area contributed by atoms with Crippen LogP contribution >= 0.6 is 15.9 Å². The van der Waals surface area contributed by atoms with E-state index in [9.17, 15) is 18.0 Å². The second-order valence-corrected chi connectivity index (χ2v) is 4.36. The molecular formula is C12H7BrF3NO3. The summed E-state index contributed by atoms with van der Waals surface area (Å²) in [5.41, 5.74) is 0.400. The highest BCUT2D eigenvalue weighted by atomic mass is 79.9. The summed E-state index contributed by atoms with van der Waals surface area (Å²) in [5, 5.41) is 2.44. The van der Waals surface area contributed by atoms with Crippen molar-refractivity contribution < 1.29 is 27.1 Å². The van der Waals surface area contributed by atoms with Gasteiger partial charge in [-0.3, -0.25) is 4.79 Å². The molecule has 0 atom stereocenters. The van der Waals surface area contributed by atoms with Crippen LogP contribution in [0.3, 0.4) is 0 Å². The first kappa shape index (κ1) is 14.4. The largest absolute Gasteiger partial charge is 0.573 e. The molecule has 1 aromatic heterocycles. The molecule has 0 saturated heterocycles. The number of amides is 1. The van der Waals surface area contributed by atoms with Gasteiger partial charge in [-0.15, -0.1) is 13.2 Å². The van der Waals surface area contributed by atoms with Crippen LogP contribution in [0, 0.1) is 0 Å². The molecule has 2 aromatic rings. The number of ether oxygens (including phenoxy) is 1. The summed E-state index contributed by atoms with van der Waals surface area (Å²) in [5.74, 6) is -0.934.